The summed E-state index contributed by atoms with van der Waals surface area (Å²) in [6, 6.07) is 0. The van der Waals surface area contributed by atoms with Crippen LogP contribution in [0.2, 0.25) is 0 Å². The van der Waals surface area contributed by atoms with Gasteiger partial charge in [0.25, 0.3) is 0 Å². The highest BCUT2D eigenvalue weighted by molar-refractivity contribution is 5.71. The smallest absolute Gasteiger partial charge is 0.306 e. The SMILES string of the molecule is CC\C=C/C=C\C=C/C=C\C=C/CCCC(=O)OC(COC(=O)CCCCCCC\C=C/C=C\C=C/CC)COC(=O)CCCCCCCCCCCC/C=C\C=C/CCCCC. The van der Waals surface area contributed by atoms with E-state index in [9.17, 15) is 14.4 Å². The number of hydrogen-bond donors (Lipinski definition) is 0. The maximum absolute atomic E-state index is 12.7. The van der Waals surface area contributed by atoms with Crippen LogP contribution in [0.25, 0.3) is 0 Å². The van der Waals surface area contributed by atoms with Gasteiger partial charge in [-0.3, -0.25) is 14.4 Å². The molecule has 0 aliphatic heterocycles. The molecule has 0 saturated heterocycles. The molecule has 0 aliphatic rings. The Morgan fingerprint density at radius 3 is 1.03 bits per heavy atom. The zero-order valence-electron chi connectivity index (χ0n) is 40.3. The van der Waals surface area contributed by atoms with Crippen LogP contribution in [0.4, 0.5) is 0 Å². The van der Waals surface area contributed by atoms with Crippen LogP contribution >= 0.6 is 0 Å². The second-order valence-electron chi connectivity index (χ2n) is 16.2. The second kappa shape index (κ2) is 50.5. The molecule has 1 unspecified atom stereocenters. The highest BCUT2D eigenvalue weighted by atomic mass is 16.6. The molecule has 6 heteroatoms. The summed E-state index contributed by atoms with van der Waals surface area (Å²) in [6.45, 7) is 6.23. The summed E-state index contributed by atoms with van der Waals surface area (Å²) in [5.41, 5.74) is 0. The van der Waals surface area contributed by atoms with Crippen LogP contribution in [0.15, 0.2) is 122 Å². The largest absolute Gasteiger partial charge is 0.462 e. The molecule has 0 aromatic carbocycles. The Kier molecular flexibility index (Phi) is 47.1. The fraction of sp³-hybridized carbons (Fsp3) is 0.596. The molecule has 0 heterocycles. The van der Waals surface area contributed by atoms with Crippen molar-refractivity contribution in [3.63, 3.8) is 0 Å². The highest BCUT2D eigenvalue weighted by Crippen LogP contribution is 2.14. The summed E-state index contributed by atoms with van der Waals surface area (Å²) in [4.78, 5) is 37.9. The molecule has 0 saturated carbocycles. The Morgan fingerprint density at radius 2 is 0.635 bits per heavy atom. The van der Waals surface area contributed by atoms with E-state index in [1.165, 1.54) is 77.0 Å². The maximum Gasteiger partial charge on any atom is 0.306 e. The highest BCUT2D eigenvalue weighted by Gasteiger charge is 2.19. The number of esters is 3. The molecule has 0 aromatic heterocycles. The van der Waals surface area contributed by atoms with Gasteiger partial charge in [-0.15, -0.1) is 0 Å². The predicted octanol–water partition coefficient (Wildman–Crippen LogP) is 16.5. The molecule has 63 heavy (non-hydrogen) atoms. The summed E-state index contributed by atoms with van der Waals surface area (Å²) in [6.07, 6.45) is 69.1. The van der Waals surface area contributed by atoms with E-state index < -0.39 is 12.1 Å². The molecular weight excluding hydrogens is 781 g/mol. The van der Waals surface area contributed by atoms with Gasteiger partial charge >= 0.3 is 17.9 Å². The van der Waals surface area contributed by atoms with Gasteiger partial charge in [0.2, 0.25) is 0 Å². The monoisotopic (exact) mass is 871 g/mol. The summed E-state index contributed by atoms with van der Waals surface area (Å²) in [7, 11) is 0. The predicted molar refractivity (Wildman–Crippen MR) is 269 cm³/mol. The van der Waals surface area contributed by atoms with E-state index in [1.807, 2.05) is 60.8 Å². The van der Waals surface area contributed by atoms with Gasteiger partial charge in [0, 0.05) is 19.3 Å². The van der Waals surface area contributed by atoms with Crippen LogP contribution in [0.3, 0.4) is 0 Å². The molecule has 0 aromatic rings. The topological polar surface area (TPSA) is 78.9 Å². The van der Waals surface area contributed by atoms with Crippen LogP contribution in [0.1, 0.15) is 201 Å². The van der Waals surface area contributed by atoms with Gasteiger partial charge in [0.05, 0.1) is 0 Å². The molecule has 0 bridgehead atoms. The first-order chi connectivity index (χ1) is 31.0. The average molecular weight is 871 g/mol. The van der Waals surface area contributed by atoms with Crippen LogP contribution in [-0.4, -0.2) is 37.2 Å². The maximum atomic E-state index is 12.7. The van der Waals surface area contributed by atoms with Crippen LogP contribution in [0.5, 0.6) is 0 Å². The molecule has 0 fully saturated rings. The van der Waals surface area contributed by atoms with E-state index >= 15 is 0 Å². The van der Waals surface area contributed by atoms with Crippen molar-refractivity contribution in [2.24, 2.45) is 0 Å². The van der Waals surface area contributed by atoms with Gasteiger partial charge in [-0.2, -0.15) is 0 Å². The molecule has 0 N–H and O–H groups in total. The fourth-order valence-electron chi connectivity index (χ4n) is 6.40. The Bertz CT molecular complexity index is 1370. The Balaban J connectivity index is 4.48. The lowest BCUT2D eigenvalue weighted by Gasteiger charge is -2.18. The third-order valence-electron chi connectivity index (χ3n) is 10.1. The molecule has 354 valence electrons. The van der Waals surface area contributed by atoms with E-state index in [1.54, 1.807) is 0 Å². The minimum absolute atomic E-state index is 0.119. The van der Waals surface area contributed by atoms with Gasteiger partial charge in [0.1, 0.15) is 13.2 Å². The zero-order chi connectivity index (χ0) is 45.8. The average Bonchev–Trinajstić information content (AvgIpc) is 3.28. The number of unbranched alkanes of at least 4 members (excludes halogenated alkanes) is 19. The lowest BCUT2D eigenvalue weighted by Crippen LogP contribution is -2.30. The number of hydrogen-bond acceptors (Lipinski definition) is 6. The fourth-order valence-corrected chi connectivity index (χ4v) is 6.40. The van der Waals surface area contributed by atoms with Gasteiger partial charge in [-0.05, 0) is 77.0 Å². The van der Waals surface area contributed by atoms with E-state index in [-0.39, 0.29) is 31.6 Å². The molecule has 0 aliphatic carbocycles. The van der Waals surface area contributed by atoms with E-state index in [2.05, 4.69) is 81.5 Å². The van der Waals surface area contributed by atoms with Gasteiger partial charge in [-0.25, -0.2) is 0 Å². The Morgan fingerprint density at radius 1 is 0.333 bits per heavy atom. The first-order valence-electron chi connectivity index (χ1n) is 25.2. The first-order valence-corrected chi connectivity index (χ1v) is 25.2. The number of rotatable bonds is 43. The van der Waals surface area contributed by atoms with Crippen molar-refractivity contribution in [1.29, 1.82) is 0 Å². The molecular formula is C57H90O6. The van der Waals surface area contributed by atoms with Gasteiger partial charge in [-0.1, -0.05) is 226 Å². The summed E-state index contributed by atoms with van der Waals surface area (Å²) >= 11 is 0. The van der Waals surface area contributed by atoms with Gasteiger partial charge < -0.3 is 14.2 Å². The molecule has 6 nitrogen and oxygen atoms in total. The van der Waals surface area contributed by atoms with Crippen molar-refractivity contribution in [1.82, 2.24) is 0 Å². The molecule has 0 amide bonds. The second-order valence-corrected chi connectivity index (χ2v) is 16.2. The zero-order valence-corrected chi connectivity index (χ0v) is 40.3. The summed E-state index contributed by atoms with van der Waals surface area (Å²) in [5, 5.41) is 0. The van der Waals surface area contributed by atoms with Crippen molar-refractivity contribution in [2.75, 3.05) is 13.2 Å². The first kappa shape index (κ1) is 58.8. The van der Waals surface area contributed by atoms with Crippen LogP contribution in [0, 0.1) is 0 Å². The van der Waals surface area contributed by atoms with Crippen molar-refractivity contribution in [2.45, 2.75) is 207 Å². The number of ether oxygens (including phenoxy) is 3. The van der Waals surface area contributed by atoms with Crippen LogP contribution < -0.4 is 0 Å². The van der Waals surface area contributed by atoms with Crippen molar-refractivity contribution < 1.29 is 28.6 Å². The standard InChI is InChI=1S/C57H90O6/c1-4-7-10-13-16-19-22-25-26-27-28-29-30-33-35-38-41-44-47-50-56(59)62-53-54(63-57(60)51-48-45-42-39-36-32-24-21-18-15-12-9-6-3)52-61-55(58)49-46-43-40-37-34-31-23-20-17-14-11-8-5-2/h8-9,11-12,14-25,32,36,39,42,54H,4-7,10,13,26-31,33-35,37-38,40-41,43-53H2,1-3H3/b11-8-,12-9-,17-14-,18-15-,19-16-,23-20-,24-21-,25-22-,36-32-,42-39-. The Hall–Kier alpha value is -4.19. The number of allylic oxidation sites excluding steroid dienone is 20. The van der Waals surface area contributed by atoms with Crippen molar-refractivity contribution in [3.05, 3.63) is 122 Å². The molecule has 0 rings (SSSR count). The Labute approximate surface area is 386 Å². The minimum atomic E-state index is -0.827. The third-order valence-corrected chi connectivity index (χ3v) is 10.1. The lowest BCUT2D eigenvalue weighted by atomic mass is 10.1. The number of carbonyl (C=O) groups excluding carboxylic acids is 3. The van der Waals surface area contributed by atoms with Crippen molar-refractivity contribution in [3.8, 4) is 0 Å². The molecule has 0 radical (unpaired) electrons. The van der Waals surface area contributed by atoms with Gasteiger partial charge in [0.15, 0.2) is 6.10 Å². The van der Waals surface area contributed by atoms with E-state index in [0.29, 0.717) is 19.3 Å². The third kappa shape index (κ3) is 48.7. The number of carbonyl (C=O) groups is 3. The lowest BCUT2D eigenvalue weighted by molar-refractivity contribution is -0.167. The van der Waals surface area contributed by atoms with E-state index in [0.717, 1.165) is 77.0 Å². The molecule has 1 atom stereocenters. The van der Waals surface area contributed by atoms with Crippen molar-refractivity contribution >= 4 is 17.9 Å². The summed E-state index contributed by atoms with van der Waals surface area (Å²) < 4.78 is 16.7. The molecule has 0 spiro atoms. The quantitative estimate of drug-likeness (QED) is 0.0263. The summed E-state index contributed by atoms with van der Waals surface area (Å²) in [5.74, 6) is -1.03. The van der Waals surface area contributed by atoms with E-state index in [4.69, 9.17) is 14.2 Å². The minimum Gasteiger partial charge on any atom is -0.462 e. The normalized spacial score (nSPS) is 13.1. The van der Waals surface area contributed by atoms with Crippen LogP contribution in [-0.2, 0) is 28.6 Å².